The van der Waals surface area contributed by atoms with E-state index in [1.54, 1.807) is 0 Å². The molecule has 0 aliphatic carbocycles. The molecule has 0 bridgehead atoms. The van der Waals surface area contributed by atoms with Gasteiger partial charge in [0.25, 0.3) is 0 Å². The average Bonchev–Trinajstić information content (AvgIpc) is 1.63. The van der Waals surface area contributed by atoms with Crippen molar-refractivity contribution in [3.8, 4) is 0 Å². The van der Waals surface area contributed by atoms with Crippen LogP contribution in [0.15, 0.2) is 0 Å². The molecule has 0 fully saturated rings. The summed E-state index contributed by atoms with van der Waals surface area (Å²) in [7, 11) is 4.26. The summed E-state index contributed by atoms with van der Waals surface area (Å²) in [5.41, 5.74) is 0. The number of thiocarbonyl (C=S) groups is 2. The van der Waals surface area contributed by atoms with Gasteiger partial charge >= 0.3 is 0 Å². The fourth-order valence-electron chi connectivity index (χ4n) is 0.0752. The van der Waals surface area contributed by atoms with Crippen LogP contribution in [0.5, 0.6) is 0 Å². The van der Waals surface area contributed by atoms with Crippen molar-refractivity contribution < 1.29 is 0 Å². The topological polar surface area (TPSA) is 0 Å². The van der Waals surface area contributed by atoms with E-state index >= 15 is 0 Å². The Morgan fingerprint density at radius 1 is 1.00 bits per heavy atom. The largest absolute Gasteiger partial charge is 0.124 e. The highest BCUT2D eigenvalue weighted by molar-refractivity contribution is 9.17. The van der Waals surface area contributed by atoms with Crippen LogP contribution in [-0.2, 0) is 0 Å². The predicted molar refractivity (Wildman–Crippen MR) is 65.9 cm³/mol. The first kappa shape index (κ1) is 10.9. The fourth-order valence-corrected chi connectivity index (χ4v) is 5.17. The van der Waals surface area contributed by atoms with Crippen molar-refractivity contribution in [1.29, 1.82) is 0 Å². The molecule has 0 aromatic heterocycles. The summed E-state index contributed by atoms with van der Waals surface area (Å²) < 4.78 is 1.22. The number of rotatable bonds is 2. The summed E-state index contributed by atoms with van der Waals surface area (Å²) in [6.45, 7) is 0. The van der Waals surface area contributed by atoms with E-state index < -0.39 is 0 Å². The molecule has 0 aromatic rings. The van der Waals surface area contributed by atoms with Gasteiger partial charge in [-0.15, -0.1) is 25.3 Å². The van der Waals surface area contributed by atoms with E-state index in [2.05, 4.69) is 49.7 Å². The second kappa shape index (κ2) is 6.63. The van der Waals surface area contributed by atoms with E-state index in [0.717, 1.165) is 0 Å². The van der Waals surface area contributed by atoms with Crippen LogP contribution in [0.1, 0.15) is 0 Å². The Balaban J connectivity index is 3.10. The normalized spacial score (nSPS) is 9.11. The van der Waals surface area contributed by atoms with Gasteiger partial charge in [0, 0.05) is 0 Å². The van der Waals surface area contributed by atoms with Crippen molar-refractivity contribution in [2.45, 2.75) is 0 Å². The van der Waals surface area contributed by atoms with Gasteiger partial charge < -0.3 is 0 Å². The molecule has 0 nitrogen and oxygen atoms in total. The Labute approximate surface area is 87.3 Å². The lowest BCUT2D eigenvalue weighted by Crippen LogP contribution is -1.64. The zero-order valence-corrected chi connectivity index (χ0v) is 9.81. The first-order valence-corrected chi connectivity index (χ1v) is 6.79. The predicted octanol–water partition coefficient (Wildman–Crippen LogP) is 3.45. The zero-order chi connectivity index (χ0) is 7.28. The minimum atomic E-state index is 0.608. The van der Waals surface area contributed by atoms with E-state index in [4.69, 9.17) is 0 Å². The molecule has 9 heavy (non-hydrogen) atoms. The number of thiol groups is 2. The van der Waals surface area contributed by atoms with Crippen molar-refractivity contribution in [2.75, 3.05) is 0 Å². The summed E-state index contributed by atoms with van der Waals surface area (Å²) in [5.74, 6) is 0. The maximum atomic E-state index is 4.67. The molecule has 0 unspecified atom stereocenters. The summed E-state index contributed by atoms with van der Waals surface area (Å²) in [6.07, 6.45) is 0. The van der Waals surface area contributed by atoms with Gasteiger partial charge in [-0.3, -0.25) is 0 Å². The summed E-state index contributed by atoms with van der Waals surface area (Å²) in [5, 5.41) is 0. The third-order valence-electron chi connectivity index (χ3n) is 0.211. The van der Waals surface area contributed by atoms with Crippen LogP contribution in [-0.4, -0.2) is 7.06 Å². The monoisotopic (exact) mass is 250 g/mol. The summed E-state index contributed by atoms with van der Waals surface area (Å²) in [6, 6.07) is 0. The van der Waals surface area contributed by atoms with Crippen molar-refractivity contribution in [3.63, 3.8) is 0 Å². The molecule has 0 aromatic carbocycles. The Bertz CT molecular complexity index is 102. The van der Waals surface area contributed by atoms with Crippen LogP contribution in [0.3, 0.4) is 0 Å². The molecule has 0 saturated heterocycles. The van der Waals surface area contributed by atoms with Crippen molar-refractivity contribution >= 4 is 88.2 Å². The molecule has 0 aliphatic rings. The summed E-state index contributed by atoms with van der Waals surface area (Å²) >= 11 is 17.1. The van der Waals surface area contributed by atoms with Gasteiger partial charge in [-0.05, 0) is 31.4 Å². The van der Waals surface area contributed by atoms with Gasteiger partial charge in [0.2, 0.25) is 0 Å². The average molecular weight is 251 g/mol. The van der Waals surface area contributed by atoms with E-state index in [1.165, 1.54) is 31.4 Å². The van der Waals surface area contributed by atoms with Crippen LogP contribution in [0.2, 0.25) is 0 Å². The van der Waals surface area contributed by atoms with Crippen LogP contribution < -0.4 is 0 Å². The van der Waals surface area contributed by atoms with E-state index in [9.17, 15) is 0 Å². The highest BCUT2D eigenvalue weighted by atomic mass is 33.5. The van der Waals surface area contributed by atoms with Gasteiger partial charge in [0.1, 0.15) is 7.06 Å². The zero-order valence-electron chi connectivity index (χ0n) is 3.94. The second-order valence-corrected chi connectivity index (χ2v) is 8.12. The number of hydrogen-bond acceptors (Lipinski definition) is 5. The minimum Gasteiger partial charge on any atom is -0.124 e. The molecule has 0 atom stereocenters. The molecule has 0 amide bonds. The van der Waals surface area contributed by atoms with Crippen molar-refractivity contribution in [1.82, 2.24) is 0 Å². The van der Waals surface area contributed by atoms with Gasteiger partial charge in [-0.2, -0.15) is 0 Å². The van der Waals surface area contributed by atoms with Gasteiger partial charge in [-0.1, -0.05) is 24.4 Å². The maximum absolute atomic E-state index is 4.67. The Morgan fingerprint density at radius 3 is 1.56 bits per heavy atom. The lowest BCUT2D eigenvalue weighted by atomic mass is 11.9. The van der Waals surface area contributed by atoms with Crippen LogP contribution >= 0.6 is 81.1 Å². The molecule has 0 rings (SSSR count). The molecule has 0 aliphatic heterocycles. The van der Waals surface area contributed by atoms with Crippen molar-refractivity contribution in [2.24, 2.45) is 0 Å². The first-order chi connectivity index (χ1) is 4.13. The van der Waals surface area contributed by atoms with Gasteiger partial charge in [-0.25, -0.2) is 0 Å². The van der Waals surface area contributed by atoms with Crippen LogP contribution in [0.4, 0.5) is 0 Å². The highest BCUT2D eigenvalue weighted by Gasteiger charge is 1.93. The smallest absolute Gasteiger partial charge is 0.112 e. The fraction of sp³-hybridized carbons (Fsp3) is 0. The molecule has 0 N–H and O–H groups in total. The second-order valence-electron chi connectivity index (χ2n) is 0.767. The maximum Gasteiger partial charge on any atom is 0.112 e. The molecule has 0 radical (unpaired) electrons. The van der Waals surface area contributed by atoms with Gasteiger partial charge in [0.05, 0.1) is 0 Å². The lowest BCUT2D eigenvalue weighted by molar-refractivity contribution is 4.21. The molecule has 0 heterocycles. The summed E-state index contributed by atoms with van der Waals surface area (Å²) in [4.78, 5) is 0. The first-order valence-electron chi connectivity index (χ1n) is 1.60. The molecular weight excluding hydrogens is 248 g/mol. The SMILES string of the molecule is S=C(S)SSSC(=S)S. The molecule has 0 saturated carbocycles. The van der Waals surface area contributed by atoms with Gasteiger partial charge in [0.15, 0.2) is 0 Å². The molecule has 52 valence electrons. The minimum absolute atomic E-state index is 0.608. The number of hydrogen-bond donors (Lipinski definition) is 2. The van der Waals surface area contributed by atoms with E-state index in [1.807, 2.05) is 0 Å². The Kier molecular flexibility index (Phi) is 8.05. The highest BCUT2D eigenvalue weighted by Crippen LogP contribution is 2.38. The Morgan fingerprint density at radius 2 is 1.33 bits per heavy atom. The van der Waals surface area contributed by atoms with Crippen molar-refractivity contribution in [3.05, 3.63) is 0 Å². The van der Waals surface area contributed by atoms with E-state index in [-0.39, 0.29) is 0 Å². The van der Waals surface area contributed by atoms with Crippen LogP contribution in [0, 0.1) is 0 Å². The van der Waals surface area contributed by atoms with E-state index in [0.29, 0.717) is 7.06 Å². The molecule has 0 spiro atoms. The lowest BCUT2D eigenvalue weighted by Gasteiger charge is -1.91. The third kappa shape index (κ3) is 9.93. The van der Waals surface area contributed by atoms with Crippen LogP contribution in [0.25, 0.3) is 0 Å². The molecule has 7 heteroatoms. The standard InChI is InChI=1S/C2H2S7/c3-1(4)7-9-8-2(5)6/h(H,3,4)(H,5,6). The quantitative estimate of drug-likeness (QED) is 0.436. The Hall–Kier alpha value is 1.93. The molecular formula is C2H2S7. The third-order valence-corrected chi connectivity index (χ3v) is 5.69.